The first kappa shape index (κ1) is 18.4. The summed E-state index contributed by atoms with van der Waals surface area (Å²) in [5.41, 5.74) is -0.521. The van der Waals surface area contributed by atoms with Gasteiger partial charge in [-0.25, -0.2) is 8.78 Å². The maximum absolute atomic E-state index is 14.9. The van der Waals surface area contributed by atoms with Crippen molar-refractivity contribution in [3.63, 3.8) is 0 Å². The first-order valence-electron chi connectivity index (χ1n) is 7.90. The monoisotopic (exact) mass is 378 g/mol. The van der Waals surface area contributed by atoms with Crippen LogP contribution in [0.15, 0.2) is 70.5 Å². The van der Waals surface area contributed by atoms with Crippen molar-refractivity contribution < 1.29 is 13.5 Å². The van der Waals surface area contributed by atoms with Crippen LogP contribution in [0.4, 0.5) is 8.78 Å². The van der Waals surface area contributed by atoms with Gasteiger partial charge in [0.05, 0.1) is 4.90 Å². The Labute approximate surface area is 159 Å². The minimum atomic E-state index is -1.04. The van der Waals surface area contributed by atoms with Crippen LogP contribution in [-0.4, -0.2) is 0 Å². The van der Waals surface area contributed by atoms with Crippen LogP contribution in [0, 0.1) is 34.3 Å². The van der Waals surface area contributed by atoms with Gasteiger partial charge in [0.25, 0.3) is 0 Å². The summed E-state index contributed by atoms with van der Waals surface area (Å²) in [6, 6.07) is 20.9. The molecule has 3 aromatic rings. The van der Waals surface area contributed by atoms with Gasteiger partial charge >= 0.3 is 0 Å². The lowest BCUT2D eigenvalue weighted by Gasteiger charge is -2.15. The molecule has 0 unspecified atom stereocenters. The molecule has 0 aliphatic heterocycles. The Morgan fingerprint density at radius 1 is 0.815 bits per heavy atom. The van der Waals surface area contributed by atoms with Crippen LogP contribution >= 0.6 is 11.8 Å². The van der Waals surface area contributed by atoms with Crippen molar-refractivity contribution in [1.82, 2.24) is 0 Å². The van der Waals surface area contributed by atoms with Crippen molar-refractivity contribution in [2.24, 2.45) is 0 Å². The molecule has 0 fully saturated rings. The Morgan fingerprint density at radius 2 is 1.37 bits per heavy atom. The lowest BCUT2D eigenvalue weighted by Crippen LogP contribution is -2.05. The number of ether oxygens (including phenoxy) is 1. The molecule has 0 amide bonds. The molecular formula is C21H12F2N2OS. The Kier molecular flexibility index (Phi) is 5.71. The third-order valence-corrected chi connectivity index (χ3v) is 4.78. The van der Waals surface area contributed by atoms with Crippen LogP contribution < -0.4 is 4.74 Å². The quantitative estimate of drug-likeness (QED) is 0.593. The molecule has 0 spiro atoms. The van der Waals surface area contributed by atoms with Crippen LogP contribution in [-0.2, 0) is 6.61 Å². The maximum atomic E-state index is 14.9. The first-order valence-corrected chi connectivity index (χ1v) is 8.72. The minimum absolute atomic E-state index is 0.00365. The zero-order valence-corrected chi connectivity index (χ0v) is 14.8. The third-order valence-electron chi connectivity index (χ3n) is 3.71. The molecule has 0 atom stereocenters. The maximum Gasteiger partial charge on any atom is 0.185 e. The van der Waals surface area contributed by atoms with Gasteiger partial charge < -0.3 is 4.74 Å². The lowest BCUT2D eigenvalue weighted by atomic mass is 10.1. The highest BCUT2D eigenvalue weighted by molar-refractivity contribution is 7.99. The van der Waals surface area contributed by atoms with Crippen LogP contribution in [0.5, 0.6) is 5.75 Å². The molecular weight excluding hydrogens is 366 g/mol. The van der Waals surface area contributed by atoms with Gasteiger partial charge in [-0.2, -0.15) is 10.5 Å². The summed E-state index contributed by atoms with van der Waals surface area (Å²) in [5, 5.41) is 18.4. The fourth-order valence-corrected chi connectivity index (χ4v) is 3.37. The van der Waals surface area contributed by atoms with Crippen molar-refractivity contribution in [2.45, 2.75) is 16.4 Å². The second-order valence-corrected chi connectivity index (χ2v) is 6.53. The van der Waals surface area contributed by atoms with Crippen LogP contribution in [0.2, 0.25) is 0 Å². The molecule has 3 nitrogen and oxygen atoms in total. The lowest BCUT2D eigenvalue weighted by molar-refractivity contribution is 0.278. The summed E-state index contributed by atoms with van der Waals surface area (Å²) in [5.74, 6) is -2.38. The van der Waals surface area contributed by atoms with Crippen molar-refractivity contribution >= 4 is 11.8 Å². The highest BCUT2D eigenvalue weighted by atomic mass is 32.2. The van der Waals surface area contributed by atoms with Gasteiger partial charge in [-0.1, -0.05) is 60.3 Å². The van der Waals surface area contributed by atoms with Gasteiger partial charge in [-0.15, -0.1) is 0 Å². The zero-order valence-electron chi connectivity index (χ0n) is 13.9. The van der Waals surface area contributed by atoms with E-state index in [2.05, 4.69) is 0 Å². The smallest absolute Gasteiger partial charge is 0.185 e. The Morgan fingerprint density at radius 3 is 1.96 bits per heavy atom. The van der Waals surface area contributed by atoms with Crippen molar-refractivity contribution in [1.29, 1.82) is 10.5 Å². The van der Waals surface area contributed by atoms with E-state index in [9.17, 15) is 19.3 Å². The molecule has 6 heteroatoms. The number of hydrogen-bond acceptors (Lipinski definition) is 4. The predicted octanol–water partition coefficient (Wildman–Crippen LogP) is 5.44. The molecule has 0 aromatic heterocycles. The molecule has 0 saturated heterocycles. The summed E-state index contributed by atoms with van der Waals surface area (Å²) in [4.78, 5) is 0.485. The zero-order chi connectivity index (χ0) is 19.2. The highest BCUT2D eigenvalue weighted by Crippen LogP contribution is 2.42. The summed E-state index contributed by atoms with van der Waals surface area (Å²) in [7, 11) is 0. The SMILES string of the molecule is N#Cc1c(F)c(OCc2ccccc2)c(Sc2ccccc2)c(F)c1C#N. The van der Waals surface area contributed by atoms with E-state index >= 15 is 0 Å². The molecule has 0 heterocycles. The molecule has 132 valence electrons. The van der Waals surface area contributed by atoms with E-state index in [-0.39, 0.29) is 17.3 Å². The van der Waals surface area contributed by atoms with E-state index in [4.69, 9.17) is 4.74 Å². The molecule has 0 N–H and O–H groups in total. The molecule has 0 saturated carbocycles. The van der Waals surface area contributed by atoms with Crippen molar-refractivity contribution in [3.8, 4) is 17.9 Å². The average molecular weight is 378 g/mol. The number of rotatable bonds is 5. The average Bonchev–Trinajstić information content (AvgIpc) is 2.71. The van der Waals surface area contributed by atoms with Crippen molar-refractivity contribution in [2.75, 3.05) is 0 Å². The molecule has 27 heavy (non-hydrogen) atoms. The van der Waals surface area contributed by atoms with Crippen molar-refractivity contribution in [3.05, 3.63) is 89.0 Å². The Bertz CT molecular complexity index is 1040. The van der Waals surface area contributed by atoms with E-state index < -0.39 is 22.8 Å². The van der Waals surface area contributed by atoms with Crippen LogP contribution in [0.3, 0.4) is 0 Å². The largest absolute Gasteiger partial charge is 0.484 e. The van der Waals surface area contributed by atoms with Gasteiger partial charge in [-0.05, 0) is 17.7 Å². The van der Waals surface area contributed by atoms with E-state index in [1.807, 2.05) is 6.07 Å². The standard InChI is InChI=1S/C21H12F2N2OS/c22-18-16(11-24)17(12-25)19(23)21(27-15-9-5-2-6-10-15)20(18)26-13-14-7-3-1-4-8-14/h1-10H,13H2. The van der Waals surface area contributed by atoms with Crippen LogP contribution in [0.1, 0.15) is 16.7 Å². The van der Waals surface area contributed by atoms with Gasteiger partial charge in [0, 0.05) is 4.90 Å². The number of nitrogens with zero attached hydrogens (tertiary/aromatic N) is 2. The fraction of sp³-hybridized carbons (Fsp3) is 0.0476. The Balaban J connectivity index is 2.09. The van der Waals surface area contributed by atoms with Crippen LogP contribution in [0.25, 0.3) is 0 Å². The number of hydrogen-bond donors (Lipinski definition) is 0. The molecule has 0 aliphatic carbocycles. The Hall–Kier alpha value is -3.35. The minimum Gasteiger partial charge on any atom is -0.484 e. The van der Waals surface area contributed by atoms with E-state index in [0.717, 1.165) is 17.3 Å². The molecule has 0 bridgehead atoms. The second kappa shape index (κ2) is 8.35. The number of benzene rings is 3. The van der Waals surface area contributed by atoms with Gasteiger partial charge in [-0.3, -0.25) is 0 Å². The summed E-state index contributed by atoms with van der Waals surface area (Å²) < 4.78 is 35.4. The normalized spacial score (nSPS) is 10.1. The topological polar surface area (TPSA) is 56.8 Å². The number of nitriles is 2. The highest BCUT2D eigenvalue weighted by Gasteiger charge is 2.27. The van der Waals surface area contributed by atoms with Gasteiger partial charge in [0.15, 0.2) is 17.4 Å². The fourth-order valence-electron chi connectivity index (χ4n) is 2.41. The summed E-state index contributed by atoms with van der Waals surface area (Å²) in [6.45, 7) is -0.00365. The van der Waals surface area contributed by atoms with Gasteiger partial charge in [0.1, 0.15) is 29.9 Å². The third kappa shape index (κ3) is 3.92. The summed E-state index contributed by atoms with van der Waals surface area (Å²) in [6.07, 6.45) is 0. The molecule has 0 radical (unpaired) electrons. The second-order valence-electron chi connectivity index (χ2n) is 5.45. The first-order chi connectivity index (χ1) is 13.2. The predicted molar refractivity (Wildman–Crippen MR) is 97.1 cm³/mol. The molecule has 3 rings (SSSR count). The van der Waals surface area contributed by atoms with E-state index in [1.54, 1.807) is 66.7 Å². The van der Waals surface area contributed by atoms with Gasteiger partial charge in [0.2, 0.25) is 0 Å². The molecule has 3 aromatic carbocycles. The van der Waals surface area contributed by atoms with E-state index in [0.29, 0.717) is 4.90 Å². The van der Waals surface area contributed by atoms with E-state index in [1.165, 1.54) is 0 Å². The summed E-state index contributed by atoms with van der Waals surface area (Å²) >= 11 is 0.938. The number of halogens is 2. The molecule has 0 aliphatic rings.